The van der Waals surface area contributed by atoms with E-state index in [1.54, 1.807) is 0 Å². The molecule has 0 radical (unpaired) electrons. The molecule has 0 spiro atoms. The summed E-state index contributed by atoms with van der Waals surface area (Å²) in [5.41, 5.74) is 0. The van der Waals surface area contributed by atoms with E-state index < -0.39 is 0 Å². The standard InChI is InChI=1S/C13H25N5O2/c1-6-7-14-11-15-12(19-9-8-18(4)5)17-13(16-11)20-10(2)3/h10H,6-9H2,1-5H3,(H,14,15,16,17). The Kier molecular flexibility index (Phi) is 7.00. The first kappa shape index (κ1) is 16.4. The van der Waals surface area contributed by atoms with E-state index in [-0.39, 0.29) is 18.1 Å². The first-order valence-electron chi connectivity index (χ1n) is 6.95. The summed E-state index contributed by atoms with van der Waals surface area (Å²) < 4.78 is 11.0. The largest absolute Gasteiger partial charge is 0.462 e. The van der Waals surface area contributed by atoms with Crippen LogP contribution >= 0.6 is 0 Å². The summed E-state index contributed by atoms with van der Waals surface area (Å²) in [6.45, 7) is 8.04. The topological polar surface area (TPSA) is 72.4 Å². The summed E-state index contributed by atoms with van der Waals surface area (Å²) in [4.78, 5) is 14.6. The summed E-state index contributed by atoms with van der Waals surface area (Å²) >= 11 is 0. The van der Waals surface area contributed by atoms with Gasteiger partial charge in [-0.1, -0.05) is 6.92 Å². The van der Waals surface area contributed by atoms with E-state index >= 15 is 0 Å². The Bertz CT molecular complexity index is 398. The maximum Gasteiger partial charge on any atom is 0.324 e. The van der Waals surface area contributed by atoms with Gasteiger partial charge >= 0.3 is 12.0 Å². The minimum absolute atomic E-state index is 0.00560. The lowest BCUT2D eigenvalue weighted by Gasteiger charge is -2.13. The Morgan fingerprint density at radius 3 is 2.45 bits per heavy atom. The molecular formula is C13H25N5O2. The quantitative estimate of drug-likeness (QED) is 0.734. The molecule has 20 heavy (non-hydrogen) atoms. The molecule has 0 atom stereocenters. The van der Waals surface area contributed by atoms with Crippen molar-refractivity contribution < 1.29 is 9.47 Å². The molecule has 1 aromatic heterocycles. The van der Waals surface area contributed by atoms with E-state index in [2.05, 4.69) is 27.2 Å². The van der Waals surface area contributed by atoms with Gasteiger partial charge in [0.15, 0.2) is 0 Å². The molecule has 0 saturated carbocycles. The zero-order valence-corrected chi connectivity index (χ0v) is 13.0. The third-order valence-corrected chi connectivity index (χ3v) is 2.24. The fraction of sp³-hybridized carbons (Fsp3) is 0.769. The van der Waals surface area contributed by atoms with Crippen LogP contribution in [0.5, 0.6) is 12.0 Å². The van der Waals surface area contributed by atoms with Crippen LogP contribution in [0.25, 0.3) is 0 Å². The summed E-state index contributed by atoms with van der Waals surface area (Å²) in [7, 11) is 3.97. The fourth-order valence-corrected chi connectivity index (χ4v) is 1.30. The van der Waals surface area contributed by atoms with Gasteiger partial charge in [-0.25, -0.2) is 0 Å². The third kappa shape index (κ3) is 6.51. The number of aromatic nitrogens is 3. The van der Waals surface area contributed by atoms with Gasteiger partial charge in [0, 0.05) is 13.1 Å². The number of rotatable bonds is 9. The number of nitrogens with one attached hydrogen (secondary N) is 1. The van der Waals surface area contributed by atoms with Gasteiger partial charge in [-0.05, 0) is 34.4 Å². The Labute approximate surface area is 120 Å². The maximum atomic E-state index is 5.54. The van der Waals surface area contributed by atoms with E-state index in [1.807, 2.05) is 32.8 Å². The Morgan fingerprint density at radius 1 is 1.15 bits per heavy atom. The second-order valence-corrected chi connectivity index (χ2v) is 4.97. The molecule has 0 unspecified atom stereocenters. The predicted octanol–water partition coefficient (Wildman–Crippen LogP) is 1.42. The molecule has 1 heterocycles. The van der Waals surface area contributed by atoms with E-state index in [4.69, 9.17) is 9.47 Å². The van der Waals surface area contributed by atoms with Crippen LogP contribution in [-0.2, 0) is 0 Å². The third-order valence-electron chi connectivity index (χ3n) is 2.24. The van der Waals surface area contributed by atoms with Crippen LogP contribution in [0.2, 0.25) is 0 Å². The molecule has 1 rings (SSSR count). The molecule has 0 saturated heterocycles. The second kappa shape index (κ2) is 8.52. The van der Waals surface area contributed by atoms with E-state index in [1.165, 1.54) is 0 Å². The lowest BCUT2D eigenvalue weighted by Crippen LogP contribution is -2.20. The van der Waals surface area contributed by atoms with Crippen molar-refractivity contribution in [1.82, 2.24) is 19.9 Å². The number of anilines is 1. The number of hydrogen-bond acceptors (Lipinski definition) is 7. The molecule has 7 heteroatoms. The van der Waals surface area contributed by atoms with Gasteiger partial charge in [0.05, 0.1) is 6.10 Å². The minimum Gasteiger partial charge on any atom is -0.462 e. The second-order valence-electron chi connectivity index (χ2n) is 4.97. The van der Waals surface area contributed by atoms with Crippen molar-refractivity contribution in [2.75, 3.05) is 39.1 Å². The highest BCUT2D eigenvalue weighted by Crippen LogP contribution is 2.14. The Morgan fingerprint density at radius 2 is 1.85 bits per heavy atom. The van der Waals surface area contributed by atoms with Gasteiger partial charge in [-0.15, -0.1) is 4.98 Å². The van der Waals surface area contributed by atoms with Gasteiger partial charge in [0.25, 0.3) is 0 Å². The molecule has 0 fully saturated rings. The predicted molar refractivity (Wildman–Crippen MR) is 78.4 cm³/mol. The van der Waals surface area contributed by atoms with Crippen molar-refractivity contribution in [3.8, 4) is 12.0 Å². The molecule has 1 aromatic rings. The molecule has 0 aliphatic carbocycles. The van der Waals surface area contributed by atoms with Crippen LogP contribution in [-0.4, -0.2) is 59.7 Å². The van der Waals surface area contributed by atoms with Crippen LogP contribution < -0.4 is 14.8 Å². The van der Waals surface area contributed by atoms with Crippen LogP contribution in [0.3, 0.4) is 0 Å². The lowest BCUT2D eigenvalue weighted by molar-refractivity contribution is 0.208. The number of likely N-dealkylation sites (N-methyl/N-ethyl adjacent to an activating group) is 1. The van der Waals surface area contributed by atoms with Crippen LogP contribution in [0.4, 0.5) is 5.95 Å². The smallest absolute Gasteiger partial charge is 0.324 e. The average molecular weight is 283 g/mol. The van der Waals surface area contributed by atoms with Gasteiger partial charge < -0.3 is 19.7 Å². The van der Waals surface area contributed by atoms with Gasteiger partial charge in [-0.3, -0.25) is 0 Å². The van der Waals surface area contributed by atoms with Crippen molar-refractivity contribution in [2.45, 2.75) is 33.3 Å². The Balaban J connectivity index is 2.74. The van der Waals surface area contributed by atoms with Crippen LogP contribution in [0.15, 0.2) is 0 Å². The minimum atomic E-state index is 0.00560. The van der Waals surface area contributed by atoms with Gasteiger partial charge in [0.1, 0.15) is 6.61 Å². The molecule has 114 valence electrons. The van der Waals surface area contributed by atoms with Crippen molar-refractivity contribution in [2.24, 2.45) is 0 Å². The van der Waals surface area contributed by atoms with E-state index in [0.717, 1.165) is 19.5 Å². The van der Waals surface area contributed by atoms with Crippen LogP contribution in [0.1, 0.15) is 27.2 Å². The lowest BCUT2D eigenvalue weighted by atomic mass is 10.5. The summed E-state index contributed by atoms with van der Waals surface area (Å²) in [5.74, 6) is 0.484. The fourth-order valence-electron chi connectivity index (χ4n) is 1.30. The number of ether oxygens (including phenoxy) is 2. The first-order valence-corrected chi connectivity index (χ1v) is 6.95. The molecular weight excluding hydrogens is 258 g/mol. The molecule has 0 aliphatic heterocycles. The SMILES string of the molecule is CCCNc1nc(OCCN(C)C)nc(OC(C)C)n1. The number of nitrogens with zero attached hydrogens (tertiary/aromatic N) is 4. The van der Waals surface area contributed by atoms with E-state index in [9.17, 15) is 0 Å². The summed E-state index contributed by atoms with van der Waals surface area (Å²) in [6, 6.07) is 0.574. The van der Waals surface area contributed by atoms with Gasteiger partial charge in [0.2, 0.25) is 5.95 Å². The average Bonchev–Trinajstić information content (AvgIpc) is 2.35. The molecule has 0 amide bonds. The van der Waals surface area contributed by atoms with Crippen molar-refractivity contribution in [3.05, 3.63) is 0 Å². The highest BCUT2D eigenvalue weighted by atomic mass is 16.5. The number of hydrogen-bond donors (Lipinski definition) is 1. The summed E-state index contributed by atoms with van der Waals surface area (Å²) in [5, 5.41) is 3.11. The van der Waals surface area contributed by atoms with Crippen LogP contribution in [0, 0.1) is 0 Å². The van der Waals surface area contributed by atoms with E-state index in [0.29, 0.717) is 12.6 Å². The zero-order valence-electron chi connectivity index (χ0n) is 13.0. The monoisotopic (exact) mass is 283 g/mol. The first-order chi connectivity index (χ1) is 9.51. The highest BCUT2D eigenvalue weighted by Gasteiger charge is 2.10. The van der Waals surface area contributed by atoms with Crippen molar-refractivity contribution >= 4 is 5.95 Å². The summed E-state index contributed by atoms with van der Waals surface area (Å²) in [6.07, 6.45) is 0.995. The molecule has 0 bridgehead atoms. The Hall–Kier alpha value is -1.63. The zero-order chi connectivity index (χ0) is 15.0. The molecule has 7 nitrogen and oxygen atoms in total. The van der Waals surface area contributed by atoms with Crippen molar-refractivity contribution in [3.63, 3.8) is 0 Å². The normalized spacial score (nSPS) is 10.9. The molecule has 0 aliphatic rings. The molecule has 0 aromatic carbocycles. The van der Waals surface area contributed by atoms with Crippen molar-refractivity contribution in [1.29, 1.82) is 0 Å². The highest BCUT2D eigenvalue weighted by molar-refractivity contribution is 5.27. The maximum absolute atomic E-state index is 5.54. The molecule has 1 N–H and O–H groups in total. The van der Waals surface area contributed by atoms with Gasteiger partial charge in [-0.2, -0.15) is 9.97 Å².